The van der Waals surface area contributed by atoms with Crippen LogP contribution >= 0.6 is 12.2 Å². The molecule has 1 heterocycles. The van der Waals surface area contributed by atoms with Crippen LogP contribution in [0.25, 0.3) is 0 Å². The van der Waals surface area contributed by atoms with Crippen LogP contribution in [-0.2, 0) is 0 Å². The monoisotopic (exact) mass is 204 g/mol. The number of carbonyl (C=O) groups is 1. The number of nitrogens with one attached hydrogen (secondary N) is 1. The molecular weight excluding hydrogens is 192 g/mol. The van der Waals surface area contributed by atoms with Crippen molar-refractivity contribution in [2.75, 3.05) is 26.2 Å². The van der Waals surface area contributed by atoms with Crippen LogP contribution in [-0.4, -0.2) is 52.3 Å². The molecule has 4 N–H and O–H groups in total. The second-order valence-electron chi connectivity index (χ2n) is 2.71. The summed E-state index contributed by atoms with van der Waals surface area (Å²) in [5, 5.41) is 9.12. The van der Waals surface area contributed by atoms with Crippen LogP contribution in [0.3, 0.4) is 0 Å². The zero-order valence-electron chi connectivity index (χ0n) is 7.06. The topological polar surface area (TPSA) is 81.8 Å². The Balaban J connectivity index is 2.39. The van der Waals surface area contributed by atoms with Crippen molar-refractivity contribution in [1.29, 1.82) is 0 Å². The molecular formula is C6H12N4O2S. The quantitative estimate of drug-likeness (QED) is 0.267. The highest BCUT2D eigenvalue weighted by Gasteiger charge is 2.21. The molecule has 0 spiro atoms. The molecule has 1 rings (SSSR count). The van der Waals surface area contributed by atoms with Gasteiger partial charge in [-0.1, -0.05) is 0 Å². The van der Waals surface area contributed by atoms with Crippen molar-refractivity contribution in [1.82, 2.24) is 15.2 Å². The van der Waals surface area contributed by atoms with Crippen LogP contribution in [0.5, 0.6) is 0 Å². The van der Waals surface area contributed by atoms with Crippen LogP contribution < -0.4 is 11.3 Å². The molecule has 13 heavy (non-hydrogen) atoms. The van der Waals surface area contributed by atoms with E-state index in [9.17, 15) is 4.79 Å². The zero-order valence-corrected chi connectivity index (χ0v) is 7.88. The predicted octanol–water partition coefficient (Wildman–Crippen LogP) is -0.970. The molecule has 1 aliphatic heterocycles. The standard InChI is InChI=1S/C6H12N4O2S/c7-8-5(13)9-1-3-10(4-2-9)6(11)12/h1-4,7H2,(H,8,13)(H,11,12). The minimum absolute atomic E-state index is 0.463. The van der Waals surface area contributed by atoms with Crippen LogP contribution in [0.1, 0.15) is 0 Å². The number of nitrogens with two attached hydrogens (primary N) is 1. The first-order chi connectivity index (χ1) is 6.15. The fraction of sp³-hybridized carbons (Fsp3) is 0.667. The van der Waals surface area contributed by atoms with E-state index in [4.69, 9.17) is 23.2 Å². The molecule has 0 aromatic carbocycles. The molecule has 1 amide bonds. The molecule has 0 aromatic rings. The SMILES string of the molecule is NNC(=S)N1CCN(C(=O)O)CC1. The van der Waals surface area contributed by atoms with Gasteiger partial charge in [-0.3, -0.25) is 0 Å². The van der Waals surface area contributed by atoms with Crippen LogP contribution in [0, 0.1) is 0 Å². The minimum atomic E-state index is -0.883. The molecule has 0 aliphatic carbocycles. The fourth-order valence-electron chi connectivity index (χ4n) is 1.19. The van der Waals surface area contributed by atoms with Crippen molar-refractivity contribution in [2.45, 2.75) is 0 Å². The number of rotatable bonds is 0. The highest BCUT2D eigenvalue weighted by molar-refractivity contribution is 7.80. The first-order valence-electron chi connectivity index (χ1n) is 3.88. The maximum absolute atomic E-state index is 10.5. The predicted molar refractivity (Wildman–Crippen MR) is 51.1 cm³/mol. The first kappa shape index (κ1) is 10.0. The molecule has 0 radical (unpaired) electrons. The number of hydrogen-bond acceptors (Lipinski definition) is 3. The maximum Gasteiger partial charge on any atom is 0.407 e. The minimum Gasteiger partial charge on any atom is -0.465 e. The molecule has 0 atom stereocenters. The second-order valence-corrected chi connectivity index (χ2v) is 3.09. The van der Waals surface area contributed by atoms with Crippen molar-refractivity contribution < 1.29 is 9.90 Å². The average molecular weight is 204 g/mol. The molecule has 1 aliphatic rings. The van der Waals surface area contributed by atoms with E-state index >= 15 is 0 Å². The van der Waals surface area contributed by atoms with E-state index in [0.717, 1.165) is 0 Å². The summed E-state index contributed by atoms with van der Waals surface area (Å²) in [4.78, 5) is 13.7. The van der Waals surface area contributed by atoms with Gasteiger partial charge in [-0.05, 0) is 12.2 Å². The summed E-state index contributed by atoms with van der Waals surface area (Å²) in [5.74, 6) is 5.13. The summed E-state index contributed by atoms with van der Waals surface area (Å²) >= 11 is 4.90. The maximum atomic E-state index is 10.5. The van der Waals surface area contributed by atoms with Gasteiger partial charge in [0.2, 0.25) is 0 Å². The van der Waals surface area contributed by atoms with Crippen molar-refractivity contribution in [3.8, 4) is 0 Å². The molecule has 0 saturated carbocycles. The number of amides is 1. The third-order valence-electron chi connectivity index (χ3n) is 1.96. The van der Waals surface area contributed by atoms with Gasteiger partial charge in [0, 0.05) is 26.2 Å². The molecule has 1 saturated heterocycles. The van der Waals surface area contributed by atoms with Crippen molar-refractivity contribution in [2.24, 2.45) is 5.84 Å². The summed E-state index contributed by atoms with van der Waals surface area (Å²) in [6.45, 7) is 2.12. The largest absolute Gasteiger partial charge is 0.465 e. The van der Waals surface area contributed by atoms with Gasteiger partial charge in [-0.2, -0.15) is 0 Å². The van der Waals surface area contributed by atoms with Gasteiger partial charge in [-0.15, -0.1) is 0 Å². The highest BCUT2D eigenvalue weighted by atomic mass is 32.1. The Labute approximate surface area is 81.3 Å². The summed E-state index contributed by atoms with van der Waals surface area (Å²) in [6, 6.07) is 0. The normalized spacial score (nSPS) is 17.0. The molecule has 0 unspecified atom stereocenters. The van der Waals surface area contributed by atoms with Gasteiger partial charge in [-0.25, -0.2) is 10.6 Å². The lowest BCUT2D eigenvalue weighted by molar-refractivity contribution is 0.124. The highest BCUT2D eigenvalue weighted by Crippen LogP contribution is 2.01. The third-order valence-corrected chi connectivity index (χ3v) is 2.34. The number of thiocarbonyl (C=S) groups is 1. The van der Waals surface area contributed by atoms with Crippen LogP contribution in [0.4, 0.5) is 4.79 Å². The van der Waals surface area contributed by atoms with E-state index in [-0.39, 0.29) is 0 Å². The summed E-state index contributed by atoms with van der Waals surface area (Å²) in [5.41, 5.74) is 2.37. The fourth-order valence-corrected chi connectivity index (χ4v) is 1.37. The Morgan fingerprint density at radius 3 is 2.15 bits per heavy atom. The van der Waals surface area contributed by atoms with Gasteiger partial charge < -0.3 is 20.3 Å². The number of carboxylic acid groups (broad SMARTS) is 1. The Morgan fingerprint density at radius 1 is 1.31 bits per heavy atom. The van der Waals surface area contributed by atoms with Gasteiger partial charge in [0.15, 0.2) is 5.11 Å². The van der Waals surface area contributed by atoms with E-state index < -0.39 is 6.09 Å². The summed E-state index contributed by atoms with van der Waals surface area (Å²) in [7, 11) is 0. The average Bonchev–Trinajstić information content (AvgIpc) is 2.17. The van der Waals surface area contributed by atoms with E-state index in [2.05, 4.69) is 5.43 Å². The second kappa shape index (κ2) is 4.24. The summed E-state index contributed by atoms with van der Waals surface area (Å²) < 4.78 is 0. The lowest BCUT2D eigenvalue weighted by Gasteiger charge is -2.34. The first-order valence-corrected chi connectivity index (χ1v) is 4.29. The smallest absolute Gasteiger partial charge is 0.407 e. The van der Waals surface area contributed by atoms with E-state index in [1.807, 2.05) is 4.90 Å². The van der Waals surface area contributed by atoms with Crippen LogP contribution in [0.15, 0.2) is 0 Å². The van der Waals surface area contributed by atoms with Crippen molar-refractivity contribution >= 4 is 23.4 Å². The van der Waals surface area contributed by atoms with Gasteiger partial charge in [0.05, 0.1) is 0 Å². The molecule has 0 aromatic heterocycles. The lowest BCUT2D eigenvalue weighted by atomic mass is 10.3. The van der Waals surface area contributed by atoms with Gasteiger partial charge >= 0.3 is 6.09 Å². The number of piperazine rings is 1. The number of hydrogen-bond donors (Lipinski definition) is 3. The Hall–Kier alpha value is -1.08. The van der Waals surface area contributed by atoms with E-state index in [0.29, 0.717) is 31.3 Å². The zero-order chi connectivity index (χ0) is 9.84. The summed E-state index contributed by atoms with van der Waals surface area (Å²) in [6.07, 6.45) is -0.883. The van der Waals surface area contributed by atoms with Crippen LogP contribution in [0.2, 0.25) is 0 Å². The van der Waals surface area contributed by atoms with E-state index in [1.54, 1.807) is 0 Å². The molecule has 1 fully saturated rings. The van der Waals surface area contributed by atoms with E-state index in [1.165, 1.54) is 4.90 Å². The van der Waals surface area contributed by atoms with Gasteiger partial charge in [0.25, 0.3) is 0 Å². The van der Waals surface area contributed by atoms with Crippen molar-refractivity contribution in [3.63, 3.8) is 0 Å². The molecule has 0 bridgehead atoms. The third kappa shape index (κ3) is 2.43. The lowest BCUT2D eigenvalue weighted by Crippen LogP contribution is -2.53. The molecule has 6 nitrogen and oxygen atoms in total. The number of nitrogens with zero attached hydrogens (tertiary/aromatic N) is 2. The number of hydrazine groups is 1. The Morgan fingerprint density at radius 2 is 1.77 bits per heavy atom. The van der Waals surface area contributed by atoms with Crippen molar-refractivity contribution in [3.05, 3.63) is 0 Å². The Bertz CT molecular complexity index is 215. The Kier molecular flexibility index (Phi) is 3.26. The molecule has 7 heteroatoms. The molecule has 74 valence electrons. The van der Waals surface area contributed by atoms with Gasteiger partial charge in [0.1, 0.15) is 0 Å².